The molecule has 1 aromatic heterocycles. The number of nitrogens with zero attached hydrogens (tertiary/aromatic N) is 3. The third-order valence-electron chi connectivity index (χ3n) is 6.46. The summed E-state index contributed by atoms with van der Waals surface area (Å²) in [5, 5.41) is 9.44. The fraction of sp³-hybridized carbons (Fsp3) is 0.458. The smallest absolute Gasteiger partial charge is 0.247 e. The molecule has 8 heteroatoms. The molecule has 170 valence electrons. The average molecular weight is 459 g/mol. The molecule has 4 rings (SSSR count). The zero-order chi connectivity index (χ0) is 22.7. The summed E-state index contributed by atoms with van der Waals surface area (Å²) in [6.07, 6.45) is 4.77. The molecule has 2 aliphatic rings. The van der Waals surface area contributed by atoms with E-state index in [1.165, 1.54) is 12.1 Å². The maximum atomic E-state index is 14.1. The molecular formula is C24H28F2N4OS. The quantitative estimate of drug-likeness (QED) is 0.281. The first kappa shape index (κ1) is 22.9. The zero-order valence-corrected chi connectivity index (χ0v) is 19.2. The van der Waals surface area contributed by atoms with E-state index >= 15 is 0 Å². The highest BCUT2D eigenvalue weighted by molar-refractivity contribution is 8.13. The number of thioether (sulfide) groups is 1. The number of hydrogen-bond donors (Lipinski definition) is 1. The zero-order valence-electron chi connectivity index (χ0n) is 18.4. The predicted octanol–water partition coefficient (Wildman–Crippen LogP) is 4.80. The molecule has 2 heterocycles. The largest absolute Gasteiger partial charge is 0.328 e. The molecule has 1 spiro atoms. The summed E-state index contributed by atoms with van der Waals surface area (Å²) in [6, 6.07) is 7.19. The van der Waals surface area contributed by atoms with Gasteiger partial charge in [-0.25, -0.2) is 8.78 Å². The molecule has 2 aromatic rings. The summed E-state index contributed by atoms with van der Waals surface area (Å²) < 4.78 is 27.3. The van der Waals surface area contributed by atoms with Gasteiger partial charge in [0, 0.05) is 36.2 Å². The Balaban J connectivity index is 1.20. The van der Waals surface area contributed by atoms with Crippen LogP contribution in [0.1, 0.15) is 50.2 Å². The minimum Gasteiger partial charge on any atom is -0.328 e. The summed E-state index contributed by atoms with van der Waals surface area (Å²) >= 11 is 1.69. The van der Waals surface area contributed by atoms with E-state index in [9.17, 15) is 13.6 Å². The highest BCUT2D eigenvalue weighted by Crippen LogP contribution is 2.64. The van der Waals surface area contributed by atoms with Gasteiger partial charge in [-0.3, -0.25) is 4.79 Å². The summed E-state index contributed by atoms with van der Waals surface area (Å²) in [4.78, 5) is 16.2. The fourth-order valence-electron chi connectivity index (χ4n) is 4.57. The Hall–Kier alpha value is -2.32. The van der Waals surface area contributed by atoms with Crippen LogP contribution < -0.4 is 5.56 Å². The van der Waals surface area contributed by atoms with Crippen LogP contribution in [-0.2, 0) is 0 Å². The lowest BCUT2D eigenvalue weighted by Gasteiger charge is -2.16. The van der Waals surface area contributed by atoms with E-state index in [0.29, 0.717) is 5.56 Å². The molecular weight excluding hydrogens is 430 g/mol. The number of halogens is 2. The molecule has 2 fully saturated rings. The number of rotatable bonds is 7. The Labute approximate surface area is 191 Å². The molecule has 0 radical (unpaired) electrons. The van der Waals surface area contributed by atoms with Gasteiger partial charge in [0.2, 0.25) is 5.56 Å². The molecule has 0 amide bonds. The van der Waals surface area contributed by atoms with Crippen LogP contribution in [0.3, 0.4) is 0 Å². The van der Waals surface area contributed by atoms with Crippen molar-refractivity contribution in [2.45, 2.75) is 39.0 Å². The number of aromatic amines is 1. The second kappa shape index (κ2) is 9.67. The maximum absolute atomic E-state index is 14.1. The van der Waals surface area contributed by atoms with Crippen molar-refractivity contribution in [1.82, 2.24) is 9.88 Å². The van der Waals surface area contributed by atoms with Crippen LogP contribution >= 0.6 is 11.8 Å². The van der Waals surface area contributed by atoms with Crippen LogP contribution in [0.5, 0.6) is 0 Å². The molecule has 32 heavy (non-hydrogen) atoms. The van der Waals surface area contributed by atoms with E-state index in [1.807, 2.05) is 13.8 Å². The normalized spacial score (nSPS) is 23.8. The van der Waals surface area contributed by atoms with Gasteiger partial charge >= 0.3 is 0 Å². The van der Waals surface area contributed by atoms with Gasteiger partial charge in [0.15, 0.2) is 0 Å². The van der Waals surface area contributed by atoms with Gasteiger partial charge in [-0.2, -0.15) is 5.10 Å². The van der Waals surface area contributed by atoms with Crippen LogP contribution in [-0.4, -0.2) is 46.0 Å². The highest BCUT2D eigenvalue weighted by Gasteiger charge is 2.58. The number of likely N-dealkylation sites (tertiary alicyclic amines) is 1. The van der Waals surface area contributed by atoms with Crippen LogP contribution in [0.4, 0.5) is 8.78 Å². The second-order valence-corrected chi connectivity index (χ2v) is 10.0. The van der Waals surface area contributed by atoms with Crippen molar-refractivity contribution in [1.29, 1.82) is 0 Å². The van der Waals surface area contributed by atoms with Crippen LogP contribution in [0.2, 0.25) is 0 Å². The maximum Gasteiger partial charge on any atom is 0.247 e. The molecule has 1 unspecified atom stereocenters. The van der Waals surface area contributed by atoms with Gasteiger partial charge in [-0.15, -0.1) is 16.9 Å². The molecule has 1 aliphatic heterocycles. The SMILES string of the molecule is C/C(=N\N=C(/C)c1ccc(=O)[nH]c1)SCCCN1CCC2(C[C@@H]2c2ccc(F)cc2F)C1. The van der Waals surface area contributed by atoms with E-state index in [1.54, 1.807) is 30.1 Å². The van der Waals surface area contributed by atoms with E-state index in [2.05, 4.69) is 20.1 Å². The van der Waals surface area contributed by atoms with Gasteiger partial charge in [-0.1, -0.05) is 6.07 Å². The number of pyridine rings is 1. The van der Waals surface area contributed by atoms with Crippen molar-refractivity contribution >= 4 is 22.5 Å². The third-order valence-corrected chi connectivity index (χ3v) is 7.46. The minimum atomic E-state index is -0.511. The second-order valence-electron chi connectivity index (χ2n) is 8.76. The molecule has 5 nitrogen and oxygen atoms in total. The molecule has 0 bridgehead atoms. The third kappa shape index (κ3) is 5.35. The van der Waals surface area contributed by atoms with Crippen LogP contribution in [0, 0.1) is 17.0 Å². The van der Waals surface area contributed by atoms with Gasteiger partial charge in [0.25, 0.3) is 0 Å². The van der Waals surface area contributed by atoms with E-state index in [4.69, 9.17) is 0 Å². The lowest BCUT2D eigenvalue weighted by atomic mass is 9.98. The van der Waals surface area contributed by atoms with Crippen LogP contribution in [0.15, 0.2) is 51.5 Å². The molecule has 2 atom stereocenters. The van der Waals surface area contributed by atoms with Gasteiger partial charge in [0.1, 0.15) is 11.6 Å². The molecule has 1 N–H and O–H groups in total. The Morgan fingerprint density at radius 1 is 1.25 bits per heavy atom. The van der Waals surface area contributed by atoms with Gasteiger partial charge in [-0.05, 0) is 75.2 Å². The van der Waals surface area contributed by atoms with E-state index < -0.39 is 11.6 Å². The number of benzene rings is 1. The molecule has 1 aromatic carbocycles. The lowest BCUT2D eigenvalue weighted by molar-refractivity contribution is 0.319. The van der Waals surface area contributed by atoms with Gasteiger partial charge in [0.05, 0.1) is 10.8 Å². The Bertz CT molecular complexity index is 1080. The number of nitrogens with one attached hydrogen (secondary N) is 1. The van der Waals surface area contributed by atoms with Crippen LogP contribution in [0.25, 0.3) is 0 Å². The number of hydrogen-bond acceptors (Lipinski definition) is 5. The van der Waals surface area contributed by atoms with E-state index in [0.717, 1.165) is 67.0 Å². The summed E-state index contributed by atoms with van der Waals surface area (Å²) in [5.41, 5.74) is 2.30. The Kier molecular flexibility index (Phi) is 6.90. The average Bonchev–Trinajstić information content (AvgIpc) is 3.30. The van der Waals surface area contributed by atoms with Crippen molar-refractivity contribution in [2.24, 2.45) is 15.6 Å². The summed E-state index contributed by atoms with van der Waals surface area (Å²) in [7, 11) is 0. The monoisotopic (exact) mass is 458 g/mol. The standard InChI is InChI=1S/C24H28F2N4OS/c1-16(18-4-7-23(31)27-14-18)28-29-17(2)32-11-3-9-30-10-8-24(15-30)13-21(24)20-6-5-19(25)12-22(20)26/h4-7,12,14,21H,3,8-11,13,15H2,1-2H3,(H,27,31)/b28-16+,29-17+/t21-,24?/m1/s1. The van der Waals surface area contributed by atoms with Crippen molar-refractivity contribution in [3.05, 3.63) is 69.6 Å². The molecule has 1 saturated carbocycles. The number of aromatic nitrogens is 1. The predicted molar refractivity (Wildman–Crippen MR) is 127 cm³/mol. The molecule has 1 saturated heterocycles. The van der Waals surface area contributed by atoms with E-state index in [-0.39, 0.29) is 16.9 Å². The highest BCUT2D eigenvalue weighted by atomic mass is 32.2. The Morgan fingerprint density at radius 2 is 2.09 bits per heavy atom. The summed E-state index contributed by atoms with van der Waals surface area (Å²) in [6.45, 7) is 6.86. The first-order valence-electron chi connectivity index (χ1n) is 10.9. The fourth-order valence-corrected chi connectivity index (χ4v) is 5.24. The van der Waals surface area contributed by atoms with Gasteiger partial charge < -0.3 is 9.88 Å². The lowest BCUT2D eigenvalue weighted by Crippen LogP contribution is -2.23. The Morgan fingerprint density at radius 3 is 2.84 bits per heavy atom. The van der Waals surface area contributed by atoms with Crippen molar-refractivity contribution < 1.29 is 8.78 Å². The summed E-state index contributed by atoms with van der Waals surface area (Å²) in [5.74, 6) is 0.264. The van der Waals surface area contributed by atoms with Crippen molar-refractivity contribution in [3.63, 3.8) is 0 Å². The van der Waals surface area contributed by atoms with Crippen molar-refractivity contribution in [3.8, 4) is 0 Å². The minimum absolute atomic E-state index is 0.138. The first-order valence-corrected chi connectivity index (χ1v) is 11.9. The van der Waals surface area contributed by atoms with Crippen molar-refractivity contribution in [2.75, 3.05) is 25.4 Å². The first-order chi connectivity index (χ1) is 15.4. The number of H-pyrrole nitrogens is 1. The topological polar surface area (TPSA) is 60.8 Å². The molecule has 1 aliphatic carbocycles.